The lowest BCUT2D eigenvalue weighted by Crippen LogP contribution is -1.98. The number of hydrogen-bond donors (Lipinski definition) is 0. The first-order valence-corrected chi connectivity index (χ1v) is 9.03. The van der Waals surface area contributed by atoms with Crippen LogP contribution >= 0.6 is 7.60 Å². The first-order valence-electron chi connectivity index (χ1n) is 7.42. The molecule has 23 heavy (non-hydrogen) atoms. The number of carbonyl (C=O) groups excluding carboxylic acids is 1. The van der Waals surface area contributed by atoms with Gasteiger partial charge in [-0.15, -0.1) is 0 Å². The fraction of sp³-hybridized carbons (Fsp3) is 0.167. The van der Waals surface area contributed by atoms with Crippen LogP contribution < -0.4 is 9.05 Å². The first-order chi connectivity index (χ1) is 11.2. The van der Waals surface area contributed by atoms with Crippen LogP contribution in [0.1, 0.15) is 19.3 Å². The molecular formula is C18H19O4P. The normalized spacial score (nSPS) is 11.3. The maximum absolute atomic E-state index is 13.0. The lowest BCUT2D eigenvalue weighted by atomic mass is 10.2. The molecule has 0 aliphatic carbocycles. The van der Waals surface area contributed by atoms with Crippen LogP contribution in [-0.4, -0.2) is 6.29 Å². The highest BCUT2D eigenvalue weighted by molar-refractivity contribution is 7.58. The molecule has 0 radical (unpaired) electrons. The number of aldehydes is 1. The topological polar surface area (TPSA) is 52.6 Å². The lowest BCUT2D eigenvalue weighted by molar-refractivity contribution is -0.107. The van der Waals surface area contributed by atoms with Crippen molar-refractivity contribution in [2.24, 2.45) is 0 Å². The molecule has 0 N–H and O–H groups in total. The zero-order valence-corrected chi connectivity index (χ0v) is 13.6. The van der Waals surface area contributed by atoms with E-state index in [9.17, 15) is 9.36 Å². The summed E-state index contributed by atoms with van der Waals surface area (Å²) in [7, 11) is -3.48. The van der Waals surface area contributed by atoms with E-state index >= 15 is 0 Å². The monoisotopic (exact) mass is 330 g/mol. The highest BCUT2D eigenvalue weighted by Crippen LogP contribution is 2.49. The number of rotatable bonds is 9. The van der Waals surface area contributed by atoms with E-state index in [0.29, 0.717) is 30.8 Å². The summed E-state index contributed by atoms with van der Waals surface area (Å²) in [5.41, 5.74) is 0. The van der Waals surface area contributed by atoms with E-state index in [1.807, 2.05) is 12.1 Å². The van der Waals surface area contributed by atoms with Crippen LogP contribution in [0.25, 0.3) is 0 Å². The Hall–Kier alpha value is -2.32. The second kappa shape index (κ2) is 8.96. The van der Waals surface area contributed by atoms with E-state index in [-0.39, 0.29) is 0 Å². The van der Waals surface area contributed by atoms with Crippen molar-refractivity contribution in [2.75, 3.05) is 0 Å². The average molecular weight is 330 g/mol. The summed E-state index contributed by atoms with van der Waals surface area (Å²) < 4.78 is 24.2. The van der Waals surface area contributed by atoms with Crippen molar-refractivity contribution in [1.29, 1.82) is 0 Å². The quantitative estimate of drug-likeness (QED) is 0.359. The molecule has 0 saturated carbocycles. The number of allylic oxidation sites excluding steroid dienone is 1. The van der Waals surface area contributed by atoms with Gasteiger partial charge < -0.3 is 13.8 Å². The molecule has 0 spiro atoms. The van der Waals surface area contributed by atoms with E-state index in [1.54, 1.807) is 54.6 Å². The zero-order valence-electron chi connectivity index (χ0n) is 12.7. The summed E-state index contributed by atoms with van der Waals surface area (Å²) in [5.74, 6) is 2.41. The summed E-state index contributed by atoms with van der Waals surface area (Å²) in [4.78, 5) is 10.3. The maximum Gasteiger partial charge on any atom is 0.455 e. The van der Waals surface area contributed by atoms with Crippen LogP contribution in [0, 0.1) is 0 Å². The maximum atomic E-state index is 13.0. The number of hydrogen-bond acceptors (Lipinski definition) is 4. The molecule has 0 fully saturated rings. The predicted octanol–water partition coefficient (Wildman–Crippen LogP) is 5.22. The van der Waals surface area contributed by atoms with Crippen molar-refractivity contribution in [3.63, 3.8) is 0 Å². The number of para-hydroxylation sites is 2. The third-order valence-electron chi connectivity index (χ3n) is 2.93. The Morgan fingerprint density at radius 2 is 1.35 bits per heavy atom. The van der Waals surface area contributed by atoms with Gasteiger partial charge in [-0.1, -0.05) is 42.5 Å². The summed E-state index contributed by atoms with van der Waals surface area (Å²) in [6.07, 6.45) is 4.42. The molecule has 0 unspecified atom stereocenters. The number of benzene rings is 2. The minimum Gasteiger partial charge on any atom is -0.413 e. The van der Waals surface area contributed by atoms with Gasteiger partial charge in [0.1, 0.15) is 17.8 Å². The van der Waals surface area contributed by atoms with E-state index in [2.05, 4.69) is 0 Å². The molecule has 4 nitrogen and oxygen atoms in total. The fourth-order valence-corrected chi connectivity index (χ4v) is 3.26. The lowest BCUT2D eigenvalue weighted by Gasteiger charge is -2.17. The minimum absolute atomic E-state index is 0.476. The van der Waals surface area contributed by atoms with Crippen LogP contribution in [0.15, 0.2) is 72.6 Å². The molecule has 2 aromatic carbocycles. The van der Waals surface area contributed by atoms with E-state index in [4.69, 9.17) is 9.05 Å². The molecule has 0 heterocycles. The first kappa shape index (κ1) is 17.0. The molecule has 2 aromatic rings. The van der Waals surface area contributed by atoms with Gasteiger partial charge in [-0.05, 0) is 37.1 Å². The smallest absolute Gasteiger partial charge is 0.413 e. The molecule has 0 bridgehead atoms. The van der Waals surface area contributed by atoms with Crippen LogP contribution in [0.3, 0.4) is 0 Å². The molecule has 0 atom stereocenters. The van der Waals surface area contributed by atoms with Crippen molar-refractivity contribution < 1.29 is 18.4 Å². The van der Waals surface area contributed by atoms with Crippen LogP contribution in [-0.2, 0) is 9.36 Å². The van der Waals surface area contributed by atoms with Crippen LogP contribution in [0.4, 0.5) is 0 Å². The molecule has 2 rings (SSSR count). The summed E-state index contributed by atoms with van der Waals surface area (Å²) >= 11 is 0. The summed E-state index contributed by atoms with van der Waals surface area (Å²) in [6.45, 7) is 0. The average Bonchev–Trinajstić information content (AvgIpc) is 2.56. The highest BCUT2D eigenvalue weighted by atomic mass is 31.2. The van der Waals surface area contributed by atoms with Gasteiger partial charge in [-0.3, -0.25) is 0 Å². The van der Waals surface area contributed by atoms with Gasteiger partial charge in [0.15, 0.2) is 0 Å². The Morgan fingerprint density at radius 1 is 0.826 bits per heavy atom. The van der Waals surface area contributed by atoms with Gasteiger partial charge >= 0.3 is 7.60 Å². The van der Waals surface area contributed by atoms with Gasteiger partial charge in [0.2, 0.25) is 0 Å². The second-order valence-electron chi connectivity index (χ2n) is 4.83. The molecule has 0 aliphatic heterocycles. The van der Waals surface area contributed by atoms with E-state index in [0.717, 1.165) is 6.29 Å². The highest BCUT2D eigenvalue weighted by Gasteiger charge is 2.24. The zero-order chi connectivity index (χ0) is 16.4. The van der Waals surface area contributed by atoms with Crippen molar-refractivity contribution in [3.05, 3.63) is 72.6 Å². The second-order valence-corrected chi connectivity index (χ2v) is 6.57. The van der Waals surface area contributed by atoms with Gasteiger partial charge in [0.25, 0.3) is 0 Å². The van der Waals surface area contributed by atoms with E-state index in [1.165, 1.54) is 5.82 Å². The van der Waals surface area contributed by atoms with E-state index < -0.39 is 7.60 Å². The van der Waals surface area contributed by atoms with Crippen molar-refractivity contribution in [2.45, 2.75) is 19.3 Å². The Morgan fingerprint density at radius 3 is 1.83 bits per heavy atom. The molecule has 0 aromatic heterocycles. The van der Waals surface area contributed by atoms with Gasteiger partial charge in [0.05, 0.1) is 0 Å². The Balaban J connectivity index is 2.12. The molecule has 0 amide bonds. The standard InChI is InChI=1S/C18H19O4P/c19-15-9-1-2-10-16-23(20,21-17-11-5-3-6-12-17)22-18-13-7-4-8-14-18/h3-8,10-16H,1-2,9H2/b16-10+. The molecule has 0 aliphatic rings. The largest absolute Gasteiger partial charge is 0.455 e. The van der Waals surface area contributed by atoms with Crippen LogP contribution in [0.5, 0.6) is 11.5 Å². The summed E-state index contributed by atoms with van der Waals surface area (Å²) in [6, 6.07) is 17.8. The molecule has 0 saturated heterocycles. The third kappa shape index (κ3) is 6.13. The Bertz CT molecular complexity index is 622. The van der Waals surface area contributed by atoms with Crippen LogP contribution in [0.2, 0.25) is 0 Å². The Labute approximate surface area is 136 Å². The summed E-state index contributed by atoms with van der Waals surface area (Å²) in [5, 5.41) is 0. The molecular weight excluding hydrogens is 311 g/mol. The molecule has 5 heteroatoms. The predicted molar refractivity (Wildman–Crippen MR) is 90.8 cm³/mol. The van der Waals surface area contributed by atoms with Gasteiger partial charge in [0, 0.05) is 12.2 Å². The van der Waals surface area contributed by atoms with Crippen molar-refractivity contribution in [1.82, 2.24) is 0 Å². The van der Waals surface area contributed by atoms with Gasteiger partial charge in [-0.2, -0.15) is 0 Å². The van der Waals surface area contributed by atoms with Gasteiger partial charge in [-0.25, -0.2) is 4.57 Å². The SMILES string of the molecule is O=CCCC/C=C/P(=O)(Oc1ccccc1)Oc1ccccc1. The Kier molecular flexibility index (Phi) is 6.64. The number of carbonyl (C=O) groups is 1. The minimum atomic E-state index is -3.48. The fourth-order valence-electron chi connectivity index (χ4n) is 1.86. The molecule has 120 valence electrons. The third-order valence-corrected chi connectivity index (χ3v) is 4.44. The van der Waals surface area contributed by atoms with Crippen molar-refractivity contribution >= 4 is 13.9 Å². The number of unbranched alkanes of at least 4 members (excludes halogenated alkanes) is 2. The van der Waals surface area contributed by atoms with Crippen molar-refractivity contribution in [3.8, 4) is 11.5 Å².